The van der Waals surface area contributed by atoms with Crippen LogP contribution in [0.3, 0.4) is 0 Å². The predicted octanol–water partition coefficient (Wildman–Crippen LogP) is 4.41. The lowest BCUT2D eigenvalue weighted by Gasteiger charge is -2.25. The van der Waals surface area contributed by atoms with Gasteiger partial charge in [-0.15, -0.1) is 0 Å². The van der Waals surface area contributed by atoms with E-state index in [9.17, 15) is 4.79 Å². The van der Waals surface area contributed by atoms with E-state index >= 15 is 0 Å². The maximum absolute atomic E-state index is 13.5. The lowest BCUT2D eigenvalue weighted by molar-refractivity contribution is 0.0738. The Morgan fingerprint density at radius 1 is 1.06 bits per heavy atom. The maximum Gasteiger partial charge on any atom is 0.256 e. The summed E-state index contributed by atoms with van der Waals surface area (Å²) in [4.78, 5) is 19.8. The van der Waals surface area contributed by atoms with Gasteiger partial charge in [0.25, 0.3) is 5.91 Å². The van der Waals surface area contributed by atoms with Gasteiger partial charge in [0.2, 0.25) is 0 Å². The Morgan fingerprint density at radius 2 is 1.91 bits per heavy atom. The molecule has 5 rings (SSSR count). The Bertz CT molecular complexity index is 1200. The summed E-state index contributed by atoms with van der Waals surface area (Å²) in [5.74, 6) is 0.265. The second kappa shape index (κ2) is 9.24. The van der Waals surface area contributed by atoms with Gasteiger partial charge in [0.15, 0.2) is 0 Å². The number of carbonyl (C=O) groups excluding carboxylic acids is 1. The van der Waals surface area contributed by atoms with Gasteiger partial charge in [-0.25, -0.2) is 4.98 Å². The van der Waals surface area contributed by atoms with E-state index in [1.165, 1.54) is 5.56 Å². The van der Waals surface area contributed by atoms with Crippen molar-refractivity contribution in [3.8, 4) is 0 Å². The highest BCUT2D eigenvalue weighted by Crippen LogP contribution is 2.24. The molecule has 0 spiro atoms. The number of nitrogens with one attached hydrogen (secondary N) is 1. The molecule has 1 amide bonds. The SMILES string of the molecule is O=C(c1ccccc1Nc1ccccc1)N1CCOC[C@H](Cc2ccc3nccn3c2)C1. The molecule has 1 fully saturated rings. The summed E-state index contributed by atoms with van der Waals surface area (Å²) in [7, 11) is 0. The number of hydrogen-bond donors (Lipinski definition) is 1. The van der Waals surface area contributed by atoms with Crippen molar-refractivity contribution in [2.24, 2.45) is 5.92 Å². The highest BCUT2D eigenvalue weighted by molar-refractivity contribution is 6.00. The second-order valence-electron chi connectivity index (χ2n) is 8.16. The van der Waals surface area contributed by atoms with Crippen molar-refractivity contribution < 1.29 is 9.53 Å². The largest absolute Gasteiger partial charge is 0.379 e. The highest BCUT2D eigenvalue weighted by Gasteiger charge is 2.25. The lowest BCUT2D eigenvalue weighted by Crippen LogP contribution is -2.36. The fourth-order valence-electron chi connectivity index (χ4n) is 4.23. The number of aromatic nitrogens is 2. The van der Waals surface area contributed by atoms with Gasteiger partial charge in [0.05, 0.1) is 24.5 Å². The minimum atomic E-state index is 0.0320. The summed E-state index contributed by atoms with van der Waals surface area (Å²) in [6.07, 6.45) is 6.71. The van der Waals surface area contributed by atoms with Crippen LogP contribution in [0.2, 0.25) is 0 Å². The third-order valence-electron chi connectivity index (χ3n) is 5.81. The van der Waals surface area contributed by atoms with Gasteiger partial charge in [-0.1, -0.05) is 36.4 Å². The van der Waals surface area contributed by atoms with Gasteiger partial charge >= 0.3 is 0 Å². The summed E-state index contributed by atoms with van der Waals surface area (Å²) in [5.41, 5.74) is 4.60. The van der Waals surface area contributed by atoms with Crippen molar-refractivity contribution in [2.45, 2.75) is 6.42 Å². The lowest BCUT2D eigenvalue weighted by atomic mass is 10.0. The zero-order valence-electron chi connectivity index (χ0n) is 17.9. The van der Waals surface area contributed by atoms with Gasteiger partial charge in [0, 0.05) is 43.3 Å². The van der Waals surface area contributed by atoms with E-state index in [0.717, 1.165) is 23.4 Å². The number of anilines is 2. The molecule has 0 aliphatic carbocycles. The molecule has 1 atom stereocenters. The monoisotopic (exact) mass is 426 g/mol. The molecule has 4 aromatic rings. The van der Waals surface area contributed by atoms with Crippen molar-refractivity contribution in [3.63, 3.8) is 0 Å². The van der Waals surface area contributed by atoms with Crippen LogP contribution in [0.1, 0.15) is 15.9 Å². The number of carbonyl (C=O) groups is 1. The topological polar surface area (TPSA) is 58.9 Å². The van der Waals surface area contributed by atoms with E-state index in [4.69, 9.17) is 4.74 Å². The van der Waals surface area contributed by atoms with Crippen molar-refractivity contribution in [1.29, 1.82) is 0 Å². The van der Waals surface area contributed by atoms with E-state index in [0.29, 0.717) is 31.9 Å². The first-order valence-electron chi connectivity index (χ1n) is 11.0. The smallest absolute Gasteiger partial charge is 0.256 e. The molecule has 0 unspecified atom stereocenters. The Morgan fingerprint density at radius 3 is 2.81 bits per heavy atom. The van der Waals surface area contributed by atoms with Crippen molar-refractivity contribution >= 4 is 22.9 Å². The van der Waals surface area contributed by atoms with Crippen LogP contribution < -0.4 is 5.32 Å². The van der Waals surface area contributed by atoms with Crippen LogP contribution >= 0.6 is 0 Å². The number of para-hydroxylation sites is 2. The van der Waals surface area contributed by atoms with E-state index in [1.807, 2.05) is 76.2 Å². The molecule has 1 saturated heterocycles. The number of rotatable bonds is 5. The summed E-state index contributed by atoms with van der Waals surface area (Å²) in [5, 5.41) is 3.39. The number of nitrogens with zero attached hydrogens (tertiary/aromatic N) is 3. The third-order valence-corrected chi connectivity index (χ3v) is 5.81. The molecule has 1 aliphatic heterocycles. The van der Waals surface area contributed by atoms with Crippen LogP contribution in [0.5, 0.6) is 0 Å². The Kier molecular flexibility index (Phi) is 5.85. The number of ether oxygens (including phenoxy) is 1. The van der Waals surface area contributed by atoms with Crippen LogP contribution in [0, 0.1) is 5.92 Å². The normalized spacial score (nSPS) is 16.6. The fourth-order valence-corrected chi connectivity index (χ4v) is 4.23. The maximum atomic E-state index is 13.5. The van der Waals surface area contributed by atoms with Crippen LogP contribution in [-0.2, 0) is 11.2 Å². The van der Waals surface area contributed by atoms with E-state index < -0.39 is 0 Å². The first-order chi connectivity index (χ1) is 15.8. The first-order valence-corrected chi connectivity index (χ1v) is 11.0. The fraction of sp³-hybridized carbons (Fsp3) is 0.231. The summed E-state index contributed by atoms with van der Waals surface area (Å²) in [6.45, 7) is 2.46. The van der Waals surface area contributed by atoms with Crippen molar-refractivity contribution in [3.05, 3.63) is 96.4 Å². The van der Waals surface area contributed by atoms with Gasteiger partial charge < -0.3 is 19.4 Å². The molecular formula is C26H26N4O2. The molecule has 6 heteroatoms. The molecule has 2 aromatic heterocycles. The van der Waals surface area contributed by atoms with Crippen LogP contribution in [0.25, 0.3) is 5.65 Å². The quantitative estimate of drug-likeness (QED) is 0.514. The number of benzene rings is 2. The van der Waals surface area contributed by atoms with Gasteiger partial charge in [-0.2, -0.15) is 0 Å². The standard InChI is InChI=1S/C26H26N4O2/c31-26(23-8-4-5-9-24(23)28-22-6-2-1-3-7-22)30-14-15-32-19-21(18-30)16-20-10-11-25-27-12-13-29(25)17-20/h1-13,17,21,28H,14-16,18-19H2/t21-/m1/s1. The van der Waals surface area contributed by atoms with Crippen molar-refractivity contribution in [2.75, 3.05) is 31.6 Å². The van der Waals surface area contributed by atoms with Crippen LogP contribution in [0.4, 0.5) is 11.4 Å². The molecule has 0 saturated carbocycles. The average Bonchev–Trinajstić information content (AvgIpc) is 3.17. The molecule has 32 heavy (non-hydrogen) atoms. The number of imidazole rings is 1. The summed E-state index contributed by atoms with van der Waals surface area (Å²) >= 11 is 0. The molecule has 2 aromatic carbocycles. The number of fused-ring (bicyclic) bond motifs is 1. The molecule has 3 heterocycles. The Balaban J connectivity index is 1.33. The highest BCUT2D eigenvalue weighted by atomic mass is 16.5. The van der Waals surface area contributed by atoms with E-state index in [-0.39, 0.29) is 11.8 Å². The molecular weight excluding hydrogens is 400 g/mol. The van der Waals surface area contributed by atoms with E-state index in [2.05, 4.69) is 22.6 Å². The minimum absolute atomic E-state index is 0.0320. The molecule has 0 bridgehead atoms. The molecule has 6 nitrogen and oxygen atoms in total. The van der Waals surface area contributed by atoms with Gasteiger partial charge in [-0.3, -0.25) is 4.79 Å². The average molecular weight is 427 g/mol. The van der Waals surface area contributed by atoms with E-state index in [1.54, 1.807) is 6.20 Å². The zero-order chi connectivity index (χ0) is 21.8. The molecule has 0 radical (unpaired) electrons. The molecule has 1 N–H and O–H groups in total. The predicted molar refractivity (Wildman–Crippen MR) is 125 cm³/mol. The minimum Gasteiger partial charge on any atom is -0.379 e. The van der Waals surface area contributed by atoms with Crippen molar-refractivity contribution in [1.82, 2.24) is 14.3 Å². The number of hydrogen-bond acceptors (Lipinski definition) is 4. The summed E-state index contributed by atoms with van der Waals surface area (Å²) in [6, 6.07) is 21.8. The molecule has 1 aliphatic rings. The van der Waals surface area contributed by atoms with Gasteiger partial charge in [0.1, 0.15) is 5.65 Å². The van der Waals surface area contributed by atoms with Crippen LogP contribution in [-0.4, -0.2) is 46.5 Å². The molecule has 162 valence electrons. The van der Waals surface area contributed by atoms with Gasteiger partial charge in [-0.05, 0) is 42.3 Å². The second-order valence-corrected chi connectivity index (χ2v) is 8.16. The Hall–Kier alpha value is -3.64. The summed E-state index contributed by atoms with van der Waals surface area (Å²) < 4.78 is 7.89. The first kappa shape index (κ1) is 20.3. The third kappa shape index (κ3) is 4.50. The zero-order valence-corrected chi connectivity index (χ0v) is 17.9. The van der Waals surface area contributed by atoms with Crippen LogP contribution in [0.15, 0.2) is 85.3 Å². The number of pyridine rings is 1. The number of amides is 1. The Labute approximate surface area is 187 Å².